The summed E-state index contributed by atoms with van der Waals surface area (Å²) in [7, 11) is 0. The van der Waals surface area contributed by atoms with Gasteiger partial charge in [0.05, 0.1) is 0 Å². The maximum absolute atomic E-state index is 10.7. The summed E-state index contributed by atoms with van der Waals surface area (Å²) in [4.78, 5) is 32.2. The van der Waals surface area contributed by atoms with Crippen LogP contribution in [-0.2, 0) is 14.4 Å². The lowest BCUT2D eigenvalue weighted by atomic mass is 10.4. The number of imide groups is 1. The van der Waals surface area contributed by atoms with E-state index in [1.807, 2.05) is 0 Å². The van der Waals surface area contributed by atoms with Gasteiger partial charge in [-0.3, -0.25) is 9.59 Å². The average Bonchev–Trinajstić information content (AvgIpc) is 1.85. The molecule has 0 unspecified atom stereocenters. The van der Waals surface area contributed by atoms with Crippen molar-refractivity contribution in [3.8, 4) is 0 Å². The third kappa shape index (κ3) is 2.19. The van der Waals surface area contributed by atoms with Gasteiger partial charge >= 0.3 is 5.97 Å². The van der Waals surface area contributed by atoms with E-state index in [0.717, 1.165) is 13.8 Å². The van der Waals surface area contributed by atoms with Crippen molar-refractivity contribution in [3.05, 3.63) is 12.3 Å². The summed E-state index contributed by atoms with van der Waals surface area (Å²) in [6, 6.07) is 0. The van der Waals surface area contributed by atoms with Gasteiger partial charge in [0.2, 0.25) is 11.8 Å². The lowest BCUT2D eigenvalue weighted by molar-refractivity contribution is -0.146. The van der Waals surface area contributed by atoms with Crippen molar-refractivity contribution in [3.63, 3.8) is 0 Å². The van der Waals surface area contributed by atoms with E-state index in [1.54, 1.807) is 0 Å². The van der Waals surface area contributed by atoms with Crippen molar-refractivity contribution < 1.29 is 19.5 Å². The first kappa shape index (κ1) is 10.3. The normalized spacial score (nSPS) is 8.83. The number of carbonyl (C=O) groups is 3. The molecule has 0 saturated heterocycles. The zero-order valence-corrected chi connectivity index (χ0v) is 6.83. The van der Waals surface area contributed by atoms with E-state index in [4.69, 9.17) is 5.11 Å². The van der Waals surface area contributed by atoms with Crippen LogP contribution in [-0.4, -0.2) is 27.8 Å². The van der Waals surface area contributed by atoms with Gasteiger partial charge in [-0.2, -0.15) is 0 Å². The van der Waals surface area contributed by atoms with Gasteiger partial charge in [0.1, 0.15) is 5.70 Å². The molecule has 0 aliphatic carbocycles. The molecule has 0 aliphatic heterocycles. The highest BCUT2D eigenvalue weighted by molar-refractivity contribution is 6.02. The zero-order chi connectivity index (χ0) is 9.89. The van der Waals surface area contributed by atoms with Gasteiger partial charge in [-0.1, -0.05) is 6.58 Å². The Morgan fingerprint density at radius 1 is 1.17 bits per heavy atom. The molecule has 0 fully saturated rings. The summed E-state index contributed by atoms with van der Waals surface area (Å²) in [5, 5.41) is 8.40. The molecule has 0 atom stereocenters. The number of carbonyl (C=O) groups excluding carboxylic acids is 2. The maximum atomic E-state index is 10.7. The molecule has 0 aromatic carbocycles. The predicted molar refractivity (Wildman–Crippen MR) is 40.0 cm³/mol. The fraction of sp³-hybridized carbons (Fsp3) is 0.286. The van der Waals surface area contributed by atoms with E-state index in [2.05, 4.69) is 6.58 Å². The Labute approximate surface area is 69.3 Å². The second-order valence-corrected chi connectivity index (χ2v) is 2.13. The molecule has 0 rings (SSSR count). The molecule has 0 aromatic rings. The minimum atomic E-state index is -1.39. The lowest BCUT2D eigenvalue weighted by Gasteiger charge is -2.15. The highest BCUT2D eigenvalue weighted by atomic mass is 16.4. The van der Waals surface area contributed by atoms with Crippen LogP contribution in [0.5, 0.6) is 0 Å². The molecule has 0 saturated carbocycles. The Morgan fingerprint density at radius 3 is 1.58 bits per heavy atom. The second-order valence-electron chi connectivity index (χ2n) is 2.13. The van der Waals surface area contributed by atoms with E-state index in [-0.39, 0.29) is 0 Å². The van der Waals surface area contributed by atoms with E-state index in [1.165, 1.54) is 0 Å². The average molecular weight is 171 g/mol. The van der Waals surface area contributed by atoms with E-state index < -0.39 is 23.5 Å². The first-order valence-corrected chi connectivity index (χ1v) is 3.11. The van der Waals surface area contributed by atoms with E-state index in [9.17, 15) is 14.4 Å². The van der Waals surface area contributed by atoms with Crippen molar-refractivity contribution in [1.82, 2.24) is 4.90 Å². The molecular weight excluding hydrogens is 162 g/mol. The van der Waals surface area contributed by atoms with Gasteiger partial charge in [-0.25, -0.2) is 9.69 Å². The molecule has 66 valence electrons. The highest BCUT2D eigenvalue weighted by Gasteiger charge is 2.21. The monoisotopic (exact) mass is 171 g/mol. The largest absolute Gasteiger partial charge is 0.477 e. The smallest absolute Gasteiger partial charge is 0.352 e. The molecule has 0 radical (unpaired) electrons. The van der Waals surface area contributed by atoms with Crippen LogP contribution in [0.2, 0.25) is 0 Å². The number of aliphatic carboxylic acids is 1. The fourth-order valence-corrected chi connectivity index (χ4v) is 0.697. The first-order chi connectivity index (χ1) is 5.37. The fourth-order valence-electron chi connectivity index (χ4n) is 0.697. The first-order valence-electron chi connectivity index (χ1n) is 3.11. The summed E-state index contributed by atoms with van der Waals surface area (Å²) < 4.78 is 0. The molecule has 0 aromatic heterocycles. The molecule has 0 bridgehead atoms. The third-order valence-corrected chi connectivity index (χ3v) is 1.15. The van der Waals surface area contributed by atoms with E-state index >= 15 is 0 Å². The molecule has 0 aliphatic rings. The van der Waals surface area contributed by atoms with Crippen LogP contribution in [0.4, 0.5) is 0 Å². The van der Waals surface area contributed by atoms with Crippen molar-refractivity contribution in [2.75, 3.05) is 0 Å². The van der Waals surface area contributed by atoms with Crippen LogP contribution in [0.1, 0.15) is 13.8 Å². The van der Waals surface area contributed by atoms with Crippen molar-refractivity contribution in [1.29, 1.82) is 0 Å². The Balaban J connectivity index is 4.76. The highest BCUT2D eigenvalue weighted by Crippen LogP contribution is 2.02. The minimum absolute atomic E-state index is 0.502. The Kier molecular flexibility index (Phi) is 3.15. The Bertz CT molecular complexity index is 242. The third-order valence-electron chi connectivity index (χ3n) is 1.15. The molecule has 5 nitrogen and oxygen atoms in total. The number of hydrogen-bond acceptors (Lipinski definition) is 3. The summed E-state index contributed by atoms with van der Waals surface area (Å²) in [6.45, 7) is 5.27. The molecular formula is C7H9NO4. The number of carboxylic acids is 1. The summed E-state index contributed by atoms with van der Waals surface area (Å²) in [5.74, 6) is -2.70. The van der Waals surface area contributed by atoms with Gasteiger partial charge in [0.25, 0.3) is 0 Å². The summed E-state index contributed by atoms with van der Waals surface area (Å²) in [6.07, 6.45) is 0. The van der Waals surface area contributed by atoms with Gasteiger partial charge < -0.3 is 5.11 Å². The Morgan fingerprint density at radius 2 is 1.50 bits per heavy atom. The molecule has 0 spiro atoms. The van der Waals surface area contributed by atoms with E-state index in [0.29, 0.717) is 4.90 Å². The predicted octanol–water partition coefficient (Wildman–Crippen LogP) is -0.0203. The molecule has 2 amide bonds. The number of amides is 2. The van der Waals surface area contributed by atoms with Crippen molar-refractivity contribution >= 4 is 17.8 Å². The van der Waals surface area contributed by atoms with Crippen molar-refractivity contribution in [2.24, 2.45) is 0 Å². The van der Waals surface area contributed by atoms with Gasteiger partial charge in [-0.05, 0) is 0 Å². The van der Waals surface area contributed by atoms with Crippen LogP contribution in [0.15, 0.2) is 12.3 Å². The number of hydrogen-bond donors (Lipinski definition) is 1. The Hall–Kier alpha value is -1.65. The topological polar surface area (TPSA) is 74.7 Å². The minimum Gasteiger partial charge on any atom is -0.477 e. The summed E-state index contributed by atoms with van der Waals surface area (Å²) in [5.41, 5.74) is -0.532. The van der Waals surface area contributed by atoms with Gasteiger partial charge in [0.15, 0.2) is 0 Å². The lowest BCUT2D eigenvalue weighted by Crippen LogP contribution is -2.35. The van der Waals surface area contributed by atoms with Crippen LogP contribution in [0, 0.1) is 0 Å². The second kappa shape index (κ2) is 3.66. The number of rotatable bonds is 2. The van der Waals surface area contributed by atoms with Gasteiger partial charge in [-0.15, -0.1) is 0 Å². The summed E-state index contributed by atoms with van der Waals surface area (Å²) >= 11 is 0. The number of carboxylic acid groups (broad SMARTS) is 1. The maximum Gasteiger partial charge on any atom is 0.352 e. The van der Waals surface area contributed by atoms with Crippen LogP contribution in [0.25, 0.3) is 0 Å². The molecule has 5 heteroatoms. The quantitative estimate of drug-likeness (QED) is 0.592. The zero-order valence-electron chi connectivity index (χ0n) is 6.83. The van der Waals surface area contributed by atoms with Crippen LogP contribution < -0.4 is 0 Å². The van der Waals surface area contributed by atoms with Crippen molar-refractivity contribution in [2.45, 2.75) is 13.8 Å². The number of nitrogens with zero attached hydrogens (tertiary/aromatic N) is 1. The van der Waals surface area contributed by atoms with Crippen LogP contribution in [0.3, 0.4) is 0 Å². The van der Waals surface area contributed by atoms with Crippen LogP contribution >= 0.6 is 0 Å². The van der Waals surface area contributed by atoms with Gasteiger partial charge in [0, 0.05) is 13.8 Å². The molecule has 1 N–H and O–H groups in total. The SMILES string of the molecule is C=C(C(=O)O)N(C(C)=O)C(C)=O. The standard InChI is InChI=1S/C7H9NO4/c1-4(7(11)12)8(5(2)9)6(3)10/h1H2,2-3H3,(H,11,12). The molecule has 12 heavy (non-hydrogen) atoms. The molecule has 0 heterocycles.